The Morgan fingerprint density at radius 1 is 1.21 bits per heavy atom. The molecule has 3 aromatic heterocycles. The summed E-state index contributed by atoms with van der Waals surface area (Å²) in [5, 5.41) is 26.7. The Labute approximate surface area is 231 Å². The molecule has 1 aliphatic rings. The number of amides is 1. The van der Waals surface area contributed by atoms with Crippen LogP contribution in [0.25, 0.3) is 16.6 Å². The number of anilines is 1. The van der Waals surface area contributed by atoms with Crippen LogP contribution in [-0.4, -0.2) is 83.0 Å². The SMILES string of the molecule is CC(C)CCC(=O)N1CCN(c2ccc(-c3cc(OCC(C)(C)O)cn4ncc(C#N)c34)cn2)CC1.CNC. The molecule has 39 heavy (non-hydrogen) atoms. The van der Waals surface area contributed by atoms with Crippen molar-refractivity contribution in [3.05, 3.63) is 42.4 Å². The van der Waals surface area contributed by atoms with E-state index in [1.54, 1.807) is 30.8 Å². The second-order valence-corrected chi connectivity index (χ2v) is 10.9. The van der Waals surface area contributed by atoms with E-state index in [0.29, 0.717) is 42.3 Å². The molecular weight excluding hydrogens is 494 g/mol. The van der Waals surface area contributed by atoms with Crippen LogP contribution in [0.15, 0.2) is 36.8 Å². The predicted molar refractivity (Wildman–Crippen MR) is 153 cm³/mol. The molecular formula is C29H41N7O3. The topological polar surface area (TPSA) is 119 Å². The zero-order valence-corrected chi connectivity index (χ0v) is 23.9. The van der Waals surface area contributed by atoms with Gasteiger partial charge in [-0.25, -0.2) is 9.50 Å². The molecule has 1 aliphatic heterocycles. The van der Waals surface area contributed by atoms with Crippen molar-refractivity contribution in [3.8, 4) is 22.9 Å². The van der Waals surface area contributed by atoms with Crippen molar-refractivity contribution in [1.29, 1.82) is 5.26 Å². The molecule has 4 rings (SSSR count). The molecule has 10 heteroatoms. The Morgan fingerprint density at radius 3 is 2.46 bits per heavy atom. The summed E-state index contributed by atoms with van der Waals surface area (Å²) in [4.78, 5) is 21.3. The summed E-state index contributed by atoms with van der Waals surface area (Å²) in [6, 6.07) is 8.00. The Morgan fingerprint density at radius 2 is 1.90 bits per heavy atom. The summed E-state index contributed by atoms with van der Waals surface area (Å²) in [6.07, 6.45) is 6.55. The smallest absolute Gasteiger partial charge is 0.222 e. The largest absolute Gasteiger partial charge is 0.489 e. The van der Waals surface area contributed by atoms with Crippen LogP contribution < -0.4 is 15.0 Å². The number of carbonyl (C=O) groups is 1. The first-order chi connectivity index (χ1) is 18.6. The first-order valence-corrected chi connectivity index (χ1v) is 13.4. The van der Waals surface area contributed by atoms with Gasteiger partial charge in [-0.15, -0.1) is 0 Å². The van der Waals surface area contributed by atoms with Gasteiger partial charge in [0, 0.05) is 49.9 Å². The van der Waals surface area contributed by atoms with Crippen molar-refractivity contribution in [2.45, 2.75) is 46.1 Å². The molecule has 0 spiro atoms. The molecule has 2 N–H and O–H groups in total. The van der Waals surface area contributed by atoms with Gasteiger partial charge in [-0.05, 0) is 58.5 Å². The number of carbonyl (C=O) groups excluding carboxylic acids is 1. The van der Waals surface area contributed by atoms with E-state index in [1.807, 2.05) is 37.2 Å². The summed E-state index contributed by atoms with van der Waals surface area (Å²) in [6.45, 7) is 10.6. The lowest BCUT2D eigenvalue weighted by atomic mass is 10.1. The lowest BCUT2D eigenvalue weighted by Gasteiger charge is -2.35. The Kier molecular flexibility index (Phi) is 10.3. The molecule has 0 aromatic carbocycles. The molecule has 0 atom stereocenters. The number of fused-ring (bicyclic) bond motifs is 1. The highest BCUT2D eigenvalue weighted by Crippen LogP contribution is 2.31. The van der Waals surface area contributed by atoms with Crippen LogP contribution in [0.1, 0.15) is 46.1 Å². The maximum atomic E-state index is 12.5. The minimum Gasteiger partial charge on any atom is -0.489 e. The number of pyridine rings is 2. The van der Waals surface area contributed by atoms with E-state index in [0.717, 1.165) is 36.5 Å². The van der Waals surface area contributed by atoms with E-state index < -0.39 is 5.60 Å². The van der Waals surface area contributed by atoms with Gasteiger partial charge in [0.1, 0.15) is 24.2 Å². The fourth-order valence-electron chi connectivity index (χ4n) is 4.23. The van der Waals surface area contributed by atoms with E-state index in [1.165, 1.54) is 6.20 Å². The van der Waals surface area contributed by atoms with E-state index >= 15 is 0 Å². The van der Waals surface area contributed by atoms with Crippen LogP contribution in [0.3, 0.4) is 0 Å². The standard InChI is InChI=1S/C27H34N6O3.C2H7N/c1-19(2)5-8-25(34)32-11-9-31(10-12-32)24-7-6-20(15-29-24)23-13-22(36-18-27(3,4)35)17-33-26(23)21(14-28)16-30-33;1-3-2/h6-7,13,15-17,19,35H,5,8-12,18H2,1-4H3;3H,1-2H3. The predicted octanol–water partition coefficient (Wildman–Crippen LogP) is 3.34. The second kappa shape index (κ2) is 13.4. The summed E-state index contributed by atoms with van der Waals surface area (Å²) in [5.74, 6) is 2.15. The van der Waals surface area contributed by atoms with Crippen molar-refractivity contribution in [3.63, 3.8) is 0 Å². The van der Waals surface area contributed by atoms with Gasteiger partial charge >= 0.3 is 0 Å². The molecule has 0 saturated carbocycles. The fourth-order valence-corrected chi connectivity index (χ4v) is 4.23. The normalized spacial score (nSPS) is 13.7. The number of aromatic nitrogens is 3. The number of piperazine rings is 1. The van der Waals surface area contributed by atoms with Gasteiger partial charge in [-0.3, -0.25) is 4.79 Å². The van der Waals surface area contributed by atoms with Crippen molar-refractivity contribution in [2.75, 3.05) is 51.8 Å². The molecule has 0 aliphatic carbocycles. The molecule has 1 amide bonds. The maximum Gasteiger partial charge on any atom is 0.222 e. The zero-order valence-electron chi connectivity index (χ0n) is 23.9. The Bertz CT molecular complexity index is 1270. The van der Waals surface area contributed by atoms with E-state index in [2.05, 4.69) is 35.2 Å². The van der Waals surface area contributed by atoms with E-state index in [9.17, 15) is 15.2 Å². The van der Waals surface area contributed by atoms with Gasteiger partial charge in [0.2, 0.25) is 5.91 Å². The van der Waals surface area contributed by atoms with Gasteiger partial charge in [0.15, 0.2) is 0 Å². The summed E-state index contributed by atoms with van der Waals surface area (Å²) in [7, 11) is 3.75. The zero-order chi connectivity index (χ0) is 28.6. The first kappa shape index (κ1) is 29.9. The Hall–Kier alpha value is -3.68. The highest BCUT2D eigenvalue weighted by Gasteiger charge is 2.22. The summed E-state index contributed by atoms with van der Waals surface area (Å²) >= 11 is 0. The average Bonchev–Trinajstić information content (AvgIpc) is 3.33. The van der Waals surface area contributed by atoms with Crippen molar-refractivity contribution >= 4 is 17.2 Å². The van der Waals surface area contributed by atoms with Gasteiger partial charge < -0.3 is 25.0 Å². The molecule has 4 heterocycles. The molecule has 0 bridgehead atoms. The van der Waals surface area contributed by atoms with Crippen LogP contribution >= 0.6 is 0 Å². The van der Waals surface area contributed by atoms with Crippen LogP contribution in [0.5, 0.6) is 5.75 Å². The van der Waals surface area contributed by atoms with Crippen molar-refractivity contribution in [2.24, 2.45) is 5.92 Å². The molecule has 10 nitrogen and oxygen atoms in total. The minimum atomic E-state index is -0.983. The number of nitrogens with zero attached hydrogens (tertiary/aromatic N) is 6. The van der Waals surface area contributed by atoms with Gasteiger partial charge in [0.05, 0.1) is 29.1 Å². The quantitative estimate of drug-likeness (QED) is 0.451. The highest BCUT2D eigenvalue weighted by molar-refractivity contribution is 5.85. The number of ether oxygens (including phenoxy) is 1. The van der Waals surface area contributed by atoms with Gasteiger partial charge in [0.25, 0.3) is 0 Å². The highest BCUT2D eigenvalue weighted by atomic mass is 16.5. The Balaban J connectivity index is 0.00000134. The van der Waals surface area contributed by atoms with Gasteiger partial charge in [-0.2, -0.15) is 10.4 Å². The maximum absolute atomic E-state index is 12.5. The van der Waals surface area contributed by atoms with Crippen molar-refractivity contribution in [1.82, 2.24) is 24.8 Å². The van der Waals surface area contributed by atoms with E-state index in [-0.39, 0.29) is 12.5 Å². The molecule has 1 saturated heterocycles. The van der Waals surface area contributed by atoms with Crippen molar-refractivity contribution < 1.29 is 14.6 Å². The molecule has 0 radical (unpaired) electrons. The lowest BCUT2D eigenvalue weighted by Crippen LogP contribution is -2.49. The number of hydrogen-bond donors (Lipinski definition) is 2. The minimum absolute atomic E-state index is 0.119. The molecule has 3 aromatic rings. The third kappa shape index (κ3) is 8.15. The fraction of sp³-hybridized carbons (Fsp3) is 0.517. The average molecular weight is 536 g/mol. The lowest BCUT2D eigenvalue weighted by molar-refractivity contribution is -0.131. The number of aliphatic hydroxyl groups is 1. The monoisotopic (exact) mass is 535 g/mol. The van der Waals surface area contributed by atoms with E-state index in [4.69, 9.17) is 9.72 Å². The number of rotatable bonds is 8. The molecule has 210 valence electrons. The van der Waals surface area contributed by atoms with Crippen LogP contribution in [0.2, 0.25) is 0 Å². The third-order valence-electron chi connectivity index (χ3n) is 6.25. The number of hydrogen-bond acceptors (Lipinski definition) is 8. The van der Waals surface area contributed by atoms with Crippen LogP contribution in [0.4, 0.5) is 5.82 Å². The van der Waals surface area contributed by atoms with Crippen LogP contribution in [0, 0.1) is 17.2 Å². The van der Waals surface area contributed by atoms with Crippen LogP contribution in [-0.2, 0) is 4.79 Å². The van der Waals surface area contributed by atoms with Gasteiger partial charge in [-0.1, -0.05) is 13.8 Å². The summed E-state index contributed by atoms with van der Waals surface area (Å²) < 4.78 is 7.43. The molecule has 1 fully saturated rings. The second-order valence-electron chi connectivity index (χ2n) is 10.9. The summed E-state index contributed by atoms with van der Waals surface area (Å²) in [5.41, 5.74) is 1.76. The number of nitriles is 1. The molecule has 0 unspecified atom stereocenters. The first-order valence-electron chi connectivity index (χ1n) is 13.4. The third-order valence-corrected chi connectivity index (χ3v) is 6.25. The number of nitrogens with one attached hydrogen (secondary N) is 1.